The van der Waals surface area contributed by atoms with Crippen LogP contribution >= 0.6 is 0 Å². The molecule has 1 unspecified atom stereocenters. The Labute approximate surface area is 131 Å². The molecule has 2 fully saturated rings. The quantitative estimate of drug-likeness (QED) is 0.920. The second kappa shape index (κ2) is 6.28. The first-order valence-corrected chi connectivity index (χ1v) is 8.24. The highest BCUT2D eigenvalue weighted by molar-refractivity contribution is 5.87. The third-order valence-electron chi connectivity index (χ3n) is 4.61. The summed E-state index contributed by atoms with van der Waals surface area (Å²) >= 11 is 0. The predicted octanol–water partition coefficient (Wildman–Crippen LogP) is 1.74. The lowest BCUT2D eigenvalue weighted by Crippen LogP contribution is -2.43. The number of nitrogens with one attached hydrogen (secondary N) is 1. The van der Waals surface area contributed by atoms with E-state index in [0.29, 0.717) is 12.0 Å². The lowest BCUT2D eigenvalue weighted by atomic mass is 10.1. The number of likely N-dealkylation sites (tertiary alicyclic amines) is 1. The number of aryl methyl sites for hydroxylation is 1. The fraction of sp³-hybridized carbons (Fsp3) is 0.750. The van der Waals surface area contributed by atoms with Crippen molar-refractivity contribution in [3.63, 3.8) is 0 Å². The lowest BCUT2D eigenvalue weighted by molar-refractivity contribution is -0.131. The smallest absolute Gasteiger partial charge is 0.245 e. The number of carbonyl (C=O) groups excluding carboxylic acids is 1. The van der Waals surface area contributed by atoms with E-state index in [1.807, 2.05) is 22.8 Å². The number of amides is 1. The van der Waals surface area contributed by atoms with Crippen molar-refractivity contribution < 1.29 is 9.53 Å². The van der Waals surface area contributed by atoms with E-state index in [1.165, 1.54) is 0 Å². The van der Waals surface area contributed by atoms with Crippen LogP contribution < -0.4 is 5.32 Å². The van der Waals surface area contributed by atoms with Crippen molar-refractivity contribution in [1.82, 2.24) is 14.7 Å². The first-order valence-electron chi connectivity index (χ1n) is 8.24. The zero-order valence-electron chi connectivity index (χ0n) is 13.7. The summed E-state index contributed by atoms with van der Waals surface area (Å²) in [5, 5.41) is 7.92. The average Bonchev–Trinajstić information content (AvgIpc) is 3.04. The summed E-state index contributed by atoms with van der Waals surface area (Å²) in [4.78, 5) is 14.7. The monoisotopic (exact) mass is 306 g/mol. The maximum absolute atomic E-state index is 12.7. The third kappa shape index (κ3) is 2.97. The van der Waals surface area contributed by atoms with Crippen molar-refractivity contribution in [2.24, 2.45) is 7.05 Å². The number of nitrogens with zero attached hydrogens (tertiary/aromatic N) is 3. The molecule has 122 valence electrons. The molecule has 2 aliphatic rings. The van der Waals surface area contributed by atoms with E-state index in [2.05, 4.69) is 24.3 Å². The average molecular weight is 306 g/mol. The number of ether oxygens (including phenoxy) is 1. The van der Waals surface area contributed by atoms with E-state index < -0.39 is 0 Å². The Balaban J connectivity index is 1.68. The lowest BCUT2D eigenvalue weighted by Gasteiger charge is -2.31. The van der Waals surface area contributed by atoms with Crippen molar-refractivity contribution in [1.29, 1.82) is 0 Å². The zero-order valence-corrected chi connectivity index (χ0v) is 13.7. The molecule has 3 heterocycles. The van der Waals surface area contributed by atoms with Gasteiger partial charge in [-0.1, -0.05) is 13.8 Å². The van der Waals surface area contributed by atoms with Crippen LogP contribution in [-0.2, 0) is 16.6 Å². The summed E-state index contributed by atoms with van der Waals surface area (Å²) in [6.07, 6.45) is 4.76. The van der Waals surface area contributed by atoms with Gasteiger partial charge in [0.25, 0.3) is 0 Å². The minimum absolute atomic E-state index is 0.121. The second-order valence-corrected chi connectivity index (χ2v) is 6.62. The molecule has 0 aromatic carbocycles. The molecule has 3 rings (SSSR count). The molecule has 1 aromatic heterocycles. The Kier molecular flexibility index (Phi) is 4.38. The number of hydrogen-bond donors (Lipinski definition) is 1. The molecule has 2 aliphatic heterocycles. The summed E-state index contributed by atoms with van der Waals surface area (Å²) in [5.74, 6) is 0.567. The maximum Gasteiger partial charge on any atom is 0.245 e. The highest BCUT2D eigenvalue weighted by Crippen LogP contribution is 2.27. The molecule has 6 nitrogen and oxygen atoms in total. The van der Waals surface area contributed by atoms with Crippen LogP contribution in [0.2, 0.25) is 0 Å². The Bertz CT molecular complexity index is 534. The van der Waals surface area contributed by atoms with Gasteiger partial charge in [-0.25, -0.2) is 0 Å². The van der Waals surface area contributed by atoms with E-state index in [-0.39, 0.29) is 11.9 Å². The summed E-state index contributed by atoms with van der Waals surface area (Å²) in [7, 11) is 1.92. The molecular formula is C16H26N4O2. The van der Waals surface area contributed by atoms with Crippen molar-refractivity contribution in [3.8, 4) is 0 Å². The number of rotatable bonds is 4. The van der Waals surface area contributed by atoms with Crippen molar-refractivity contribution in [3.05, 3.63) is 11.9 Å². The van der Waals surface area contributed by atoms with E-state index in [1.54, 1.807) is 0 Å². The molecule has 6 heteroatoms. The highest BCUT2D eigenvalue weighted by atomic mass is 16.5. The molecular weight excluding hydrogens is 280 g/mol. The molecule has 1 N–H and O–H groups in total. The van der Waals surface area contributed by atoms with Gasteiger partial charge in [0.15, 0.2) is 0 Å². The van der Waals surface area contributed by atoms with Gasteiger partial charge in [0.1, 0.15) is 6.04 Å². The first-order chi connectivity index (χ1) is 10.6. The zero-order chi connectivity index (χ0) is 15.7. The minimum Gasteiger partial charge on any atom is -0.381 e. The molecule has 0 saturated carbocycles. The summed E-state index contributed by atoms with van der Waals surface area (Å²) in [6.45, 7) is 6.63. The number of aromatic nitrogens is 2. The maximum atomic E-state index is 12.7. The third-order valence-corrected chi connectivity index (χ3v) is 4.61. The van der Waals surface area contributed by atoms with Crippen LogP contribution in [0.3, 0.4) is 0 Å². The van der Waals surface area contributed by atoms with Gasteiger partial charge in [0.2, 0.25) is 5.91 Å². The molecule has 0 aliphatic carbocycles. The van der Waals surface area contributed by atoms with Crippen LogP contribution in [0.4, 0.5) is 5.69 Å². The molecule has 22 heavy (non-hydrogen) atoms. The molecule has 0 bridgehead atoms. The second-order valence-electron chi connectivity index (χ2n) is 6.62. The van der Waals surface area contributed by atoms with Crippen LogP contribution in [0.25, 0.3) is 0 Å². The van der Waals surface area contributed by atoms with Gasteiger partial charge in [-0.2, -0.15) is 5.10 Å². The Morgan fingerprint density at radius 1 is 1.32 bits per heavy atom. The van der Waals surface area contributed by atoms with Crippen LogP contribution in [-0.4, -0.2) is 52.4 Å². The fourth-order valence-electron chi connectivity index (χ4n) is 3.43. The van der Waals surface area contributed by atoms with Gasteiger partial charge in [-0.05, 0) is 25.2 Å². The van der Waals surface area contributed by atoms with Crippen LogP contribution in [0.1, 0.15) is 44.7 Å². The number of hydrogen-bond acceptors (Lipinski definition) is 4. The van der Waals surface area contributed by atoms with Crippen LogP contribution in [0, 0.1) is 0 Å². The van der Waals surface area contributed by atoms with Gasteiger partial charge in [0.05, 0.1) is 11.4 Å². The Morgan fingerprint density at radius 3 is 2.73 bits per heavy atom. The predicted molar refractivity (Wildman–Crippen MR) is 84.9 cm³/mol. The SMILES string of the molecule is CC(C)c1nn(C)cc1NC1CCN(C2CCOCC2)C1=O. The van der Waals surface area contributed by atoms with Crippen LogP contribution in [0.5, 0.6) is 0 Å². The topological polar surface area (TPSA) is 59.4 Å². The number of anilines is 1. The molecule has 1 atom stereocenters. The van der Waals surface area contributed by atoms with E-state index in [4.69, 9.17) is 4.74 Å². The van der Waals surface area contributed by atoms with E-state index >= 15 is 0 Å². The van der Waals surface area contributed by atoms with Crippen LogP contribution in [0.15, 0.2) is 6.20 Å². The van der Waals surface area contributed by atoms with Gasteiger partial charge >= 0.3 is 0 Å². The summed E-state index contributed by atoms with van der Waals surface area (Å²) < 4.78 is 7.21. The normalized spacial score (nSPS) is 23.5. The molecule has 1 aromatic rings. The molecule has 0 radical (unpaired) electrons. The standard InChI is InChI=1S/C16H26N4O2/c1-11(2)15-14(10-19(3)18-15)17-13-4-7-20(16(13)21)12-5-8-22-9-6-12/h10-13,17H,4-9H2,1-3H3. The minimum atomic E-state index is -0.121. The van der Waals surface area contributed by atoms with Gasteiger partial charge in [-0.3, -0.25) is 9.48 Å². The van der Waals surface area contributed by atoms with Crippen molar-refractivity contribution in [2.45, 2.75) is 51.1 Å². The Hall–Kier alpha value is -1.56. The highest BCUT2D eigenvalue weighted by Gasteiger charge is 2.36. The van der Waals surface area contributed by atoms with Crippen molar-refractivity contribution >= 4 is 11.6 Å². The molecule has 0 spiro atoms. The molecule has 1 amide bonds. The summed E-state index contributed by atoms with van der Waals surface area (Å²) in [5.41, 5.74) is 2.02. The van der Waals surface area contributed by atoms with E-state index in [0.717, 1.165) is 50.4 Å². The number of carbonyl (C=O) groups is 1. The van der Waals surface area contributed by atoms with Crippen molar-refractivity contribution in [2.75, 3.05) is 25.1 Å². The van der Waals surface area contributed by atoms with E-state index in [9.17, 15) is 4.79 Å². The fourth-order valence-corrected chi connectivity index (χ4v) is 3.43. The largest absolute Gasteiger partial charge is 0.381 e. The van der Waals surface area contributed by atoms with Gasteiger partial charge < -0.3 is 15.0 Å². The van der Waals surface area contributed by atoms with Gasteiger partial charge in [0, 0.05) is 39.0 Å². The van der Waals surface area contributed by atoms with Gasteiger partial charge in [-0.15, -0.1) is 0 Å². The summed E-state index contributed by atoms with van der Waals surface area (Å²) in [6, 6.07) is 0.232. The molecule has 2 saturated heterocycles. The Morgan fingerprint density at radius 2 is 2.05 bits per heavy atom. The first kappa shape index (κ1) is 15.3.